The number of aliphatic hydroxyl groups excluding tert-OH is 1. The maximum atomic E-state index is 11.8. The van der Waals surface area contributed by atoms with Crippen LogP contribution >= 0.6 is 11.6 Å². The Balaban J connectivity index is 2.99. The van der Waals surface area contributed by atoms with Crippen LogP contribution in [0.4, 0.5) is 5.69 Å². The zero-order valence-electron chi connectivity index (χ0n) is 9.72. The SMILES string of the molecule is CCC(CO)NC(=O)c1cccc([N+](=O)[O-])c1Cl. The predicted octanol–water partition coefficient (Wildman–Crippen LogP) is 1.75. The lowest BCUT2D eigenvalue weighted by molar-refractivity contribution is -0.384. The van der Waals surface area contributed by atoms with Crippen LogP contribution in [0, 0.1) is 10.1 Å². The molecule has 0 fully saturated rings. The van der Waals surface area contributed by atoms with Gasteiger partial charge in [0.25, 0.3) is 11.6 Å². The van der Waals surface area contributed by atoms with Crippen LogP contribution in [0.25, 0.3) is 0 Å². The maximum Gasteiger partial charge on any atom is 0.288 e. The monoisotopic (exact) mass is 272 g/mol. The minimum atomic E-state index is -0.650. The van der Waals surface area contributed by atoms with Crippen molar-refractivity contribution in [1.29, 1.82) is 0 Å². The highest BCUT2D eigenvalue weighted by atomic mass is 35.5. The number of benzene rings is 1. The zero-order valence-corrected chi connectivity index (χ0v) is 10.5. The Morgan fingerprint density at radius 2 is 2.28 bits per heavy atom. The molecule has 1 atom stereocenters. The highest BCUT2D eigenvalue weighted by Gasteiger charge is 2.21. The molecule has 2 N–H and O–H groups in total. The summed E-state index contributed by atoms with van der Waals surface area (Å²) >= 11 is 5.80. The molecule has 0 saturated carbocycles. The Kier molecular flexibility index (Phi) is 5.06. The summed E-state index contributed by atoms with van der Waals surface area (Å²) < 4.78 is 0. The van der Waals surface area contributed by atoms with Gasteiger partial charge in [0.2, 0.25) is 0 Å². The maximum absolute atomic E-state index is 11.8. The second-order valence-electron chi connectivity index (χ2n) is 3.66. The molecule has 1 aromatic carbocycles. The number of carbonyl (C=O) groups excluding carboxylic acids is 1. The van der Waals surface area contributed by atoms with E-state index >= 15 is 0 Å². The average molecular weight is 273 g/mol. The van der Waals surface area contributed by atoms with Crippen molar-refractivity contribution >= 4 is 23.2 Å². The Hall–Kier alpha value is -1.66. The lowest BCUT2D eigenvalue weighted by Gasteiger charge is -2.14. The summed E-state index contributed by atoms with van der Waals surface area (Å²) in [6.45, 7) is 1.60. The topological polar surface area (TPSA) is 92.5 Å². The number of hydrogen-bond donors (Lipinski definition) is 2. The summed E-state index contributed by atoms with van der Waals surface area (Å²) in [6.07, 6.45) is 0.550. The summed E-state index contributed by atoms with van der Waals surface area (Å²) in [5.74, 6) is -0.537. The fraction of sp³-hybridized carbons (Fsp3) is 0.364. The van der Waals surface area contributed by atoms with Crippen molar-refractivity contribution in [3.63, 3.8) is 0 Å². The van der Waals surface area contributed by atoms with E-state index < -0.39 is 16.9 Å². The van der Waals surface area contributed by atoms with E-state index in [2.05, 4.69) is 5.32 Å². The lowest BCUT2D eigenvalue weighted by Crippen LogP contribution is -2.37. The number of nitrogens with one attached hydrogen (secondary N) is 1. The molecule has 1 rings (SSSR count). The first-order valence-electron chi connectivity index (χ1n) is 5.35. The third kappa shape index (κ3) is 3.18. The number of nitrogens with zero attached hydrogens (tertiary/aromatic N) is 1. The van der Waals surface area contributed by atoms with Gasteiger partial charge in [0, 0.05) is 6.07 Å². The number of hydrogen-bond acceptors (Lipinski definition) is 4. The van der Waals surface area contributed by atoms with Gasteiger partial charge in [-0.3, -0.25) is 14.9 Å². The van der Waals surface area contributed by atoms with Gasteiger partial charge in [-0.2, -0.15) is 0 Å². The molecule has 6 nitrogen and oxygen atoms in total. The van der Waals surface area contributed by atoms with Gasteiger partial charge in [0.1, 0.15) is 5.02 Å². The minimum Gasteiger partial charge on any atom is -0.394 e. The van der Waals surface area contributed by atoms with Crippen LogP contribution in [0.3, 0.4) is 0 Å². The molecule has 0 saturated heterocycles. The molecule has 0 aliphatic carbocycles. The van der Waals surface area contributed by atoms with Crippen molar-refractivity contribution in [2.75, 3.05) is 6.61 Å². The molecule has 18 heavy (non-hydrogen) atoms. The van der Waals surface area contributed by atoms with E-state index in [9.17, 15) is 14.9 Å². The second-order valence-corrected chi connectivity index (χ2v) is 4.03. The van der Waals surface area contributed by atoms with Crippen LogP contribution in [0.5, 0.6) is 0 Å². The molecule has 1 aromatic rings. The molecule has 98 valence electrons. The predicted molar refractivity (Wildman–Crippen MR) is 66.7 cm³/mol. The Bertz CT molecular complexity index is 460. The summed E-state index contributed by atoms with van der Waals surface area (Å²) in [5.41, 5.74) is -0.292. The Labute approximate surface area is 109 Å². The van der Waals surface area contributed by atoms with Gasteiger partial charge < -0.3 is 10.4 Å². The van der Waals surface area contributed by atoms with Gasteiger partial charge in [-0.05, 0) is 12.5 Å². The molecular weight excluding hydrogens is 260 g/mol. The van der Waals surface area contributed by atoms with Gasteiger partial charge in [-0.1, -0.05) is 24.6 Å². The van der Waals surface area contributed by atoms with Crippen molar-refractivity contribution < 1.29 is 14.8 Å². The molecule has 0 aliphatic rings. The van der Waals surface area contributed by atoms with Gasteiger partial charge in [-0.15, -0.1) is 0 Å². The third-order valence-electron chi connectivity index (χ3n) is 2.47. The van der Waals surface area contributed by atoms with Crippen molar-refractivity contribution in [3.05, 3.63) is 38.9 Å². The first-order valence-corrected chi connectivity index (χ1v) is 5.73. The first-order chi connectivity index (χ1) is 8.51. The van der Waals surface area contributed by atoms with Crippen LogP contribution in [0.15, 0.2) is 18.2 Å². The number of nitro groups is 1. The number of carbonyl (C=O) groups is 1. The molecule has 0 aliphatic heterocycles. The summed E-state index contributed by atoms with van der Waals surface area (Å²) in [6, 6.07) is 3.61. The molecule has 0 heterocycles. The molecule has 0 spiro atoms. The smallest absolute Gasteiger partial charge is 0.288 e. The van der Waals surface area contributed by atoms with Crippen LogP contribution < -0.4 is 5.32 Å². The summed E-state index contributed by atoms with van der Waals surface area (Å²) in [7, 11) is 0. The van der Waals surface area contributed by atoms with Gasteiger partial charge in [-0.25, -0.2) is 0 Å². The number of nitro benzene ring substituents is 1. The summed E-state index contributed by atoms with van der Waals surface area (Å²) in [5, 5.41) is 22.0. The third-order valence-corrected chi connectivity index (χ3v) is 2.87. The fourth-order valence-electron chi connectivity index (χ4n) is 1.38. The standard InChI is InChI=1S/C11H13ClN2O4/c1-2-7(6-15)13-11(16)8-4-3-5-9(10(8)12)14(17)18/h3-5,7,15H,2,6H2,1H3,(H,13,16). The highest BCUT2D eigenvalue weighted by molar-refractivity contribution is 6.35. The molecule has 1 unspecified atom stereocenters. The van der Waals surface area contributed by atoms with E-state index in [4.69, 9.17) is 16.7 Å². The van der Waals surface area contributed by atoms with Crippen molar-refractivity contribution in [3.8, 4) is 0 Å². The van der Waals surface area contributed by atoms with E-state index in [0.29, 0.717) is 6.42 Å². The minimum absolute atomic E-state index is 0.0257. The fourth-order valence-corrected chi connectivity index (χ4v) is 1.66. The van der Waals surface area contributed by atoms with E-state index in [1.54, 1.807) is 6.92 Å². The quantitative estimate of drug-likeness (QED) is 0.631. The number of rotatable bonds is 5. The van der Waals surface area contributed by atoms with Crippen LogP contribution in [-0.4, -0.2) is 28.6 Å². The van der Waals surface area contributed by atoms with Crippen LogP contribution in [0.2, 0.25) is 5.02 Å². The number of halogens is 1. The molecule has 1 amide bonds. The highest BCUT2D eigenvalue weighted by Crippen LogP contribution is 2.27. The second kappa shape index (κ2) is 6.32. The van der Waals surface area contributed by atoms with Gasteiger partial charge >= 0.3 is 0 Å². The van der Waals surface area contributed by atoms with Gasteiger partial charge in [0.15, 0.2) is 0 Å². The van der Waals surface area contributed by atoms with Crippen molar-refractivity contribution in [2.45, 2.75) is 19.4 Å². The normalized spacial score (nSPS) is 11.9. The Morgan fingerprint density at radius 1 is 1.61 bits per heavy atom. The van der Waals surface area contributed by atoms with Crippen LogP contribution in [-0.2, 0) is 0 Å². The van der Waals surface area contributed by atoms with E-state index in [0.717, 1.165) is 0 Å². The van der Waals surface area contributed by atoms with E-state index in [1.165, 1.54) is 18.2 Å². The molecule has 0 bridgehead atoms. The Morgan fingerprint density at radius 3 is 2.78 bits per heavy atom. The molecule has 0 radical (unpaired) electrons. The lowest BCUT2D eigenvalue weighted by atomic mass is 10.1. The van der Waals surface area contributed by atoms with Crippen molar-refractivity contribution in [2.24, 2.45) is 0 Å². The van der Waals surface area contributed by atoms with Crippen molar-refractivity contribution in [1.82, 2.24) is 5.32 Å². The summed E-state index contributed by atoms with van der Waals surface area (Å²) in [4.78, 5) is 21.9. The van der Waals surface area contributed by atoms with E-state index in [1.807, 2.05) is 0 Å². The number of aliphatic hydroxyl groups is 1. The average Bonchev–Trinajstić information content (AvgIpc) is 2.35. The van der Waals surface area contributed by atoms with E-state index in [-0.39, 0.29) is 22.9 Å². The largest absolute Gasteiger partial charge is 0.394 e. The molecule has 7 heteroatoms. The van der Waals surface area contributed by atoms with Gasteiger partial charge in [0.05, 0.1) is 23.1 Å². The molecule has 0 aromatic heterocycles. The molecular formula is C11H13ClN2O4. The first kappa shape index (κ1) is 14.4. The van der Waals surface area contributed by atoms with Crippen LogP contribution in [0.1, 0.15) is 23.7 Å². The zero-order chi connectivity index (χ0) is 13.7. The number of amides is 1.